The van der Waals surface area contributed by atoms with Gasteiger partial charge in [-0.05, 0) is 30.7 Å². The summed E-state index contributed by atoms with van der Waals surface area (Å²) in [6, 6.07) is 15.6. The van der Waals surface area contributed by atoms with Crippen LogP contribution in [0.1, 0.15) is 11.1 Å². The van der Waals surface area contributed by atoms with Crippen molar-refractivity contribution in [3.63, 3.8) is 0 Å². The highest BCUT2D eigenvalue weighted by Gasteiger charge is 2.09. The maximum Gasteiger partial charge on any atom is 0.340 e. The van der Waals surface area contributed by atoms with Gasteiger partial charge in [-0.15, -0.1) is 0 Å². The number of para-hydroxylation sites is 3. The van der Waals surface area contributed by atoms with Crippen LogP contribution >= 0.6 is 11.8 Å². The van der Waals surface area contributed by atoms with Gasteiger partial charge in [0.25, 0.3) is 0 Å². The lowest BCUT2D eigenvalue weighted by molar-refractivity contribution is 0.552. The lowest BCUT2D eigenvalue weighted by Gasteiger charge is -2.03. The number of nitrogens with one attached hydrogen (secondary N) is 1. The van der Waals surface area contributed by atoms with Crippen LogP contribution < -0.4 is 5.63 Å². The third kappa shape index (κ3) is 2.64. The molecule has 0 spiro atoms. The fourth-order valence-electron chi connectivity index (χ4n) is 2.58. The van der Waals surface area contributed by atoms with Crippen LogP contribution in [0, 0.1) is 6.92 Å². The topological polar surface area (TPSA) is 58.9 Å². The van der Waals surface area contributed by atoms with Crippen molar-refractivity contribution in [1.29, 1.82) is 0 Å². The predicted octanol–water partition coefficient (Wildman–Crippen LogP) is 4.27. The normalized spacial score (nSPS) is 11.3. The van der Waals surface area contributed by atoms with Crippen molar-refractivity contribution in [3.05, 3.63) is 70.1 Å². The zero-order valence-corrected chi connectivity index (χ0v) is 13.3. The van der Waals surface area contributed by atoms with Gasteiger partial charge in [0.1, 0.15) is 5.58 Å². The number of aryl methyl sites for hydroxylation is 1. The van der Waals surface area contributed by atoms with E-state index in [1.807, 2.05) is 55.5 Å². The van der Waals surface area contributed by atoms with Crippen molar-refractivity contribution >= 4 is 33.8 Å². The van der Waals surface area contributed by atoms with Gasteiger partial charge in [0, 0.05) is 16.7 Å². The van der Waals surface area contributed by atoms with Crippen molar-refractivity contribution in [1.82, 2.24) is 9.97 Å². The maximum absolute atomic E-state index is 12.2. The Morgan fingerprint density at radius 3 is 2.91 bits per heavy atom. The molecule has 0 unspecified atom stereocenters. The molecular formula is C18H14N2O2S. The quantitative estimate of drug-likeness (QED) is 0.452. The van der Waals surface area contributed by atoms with Crippen LogP contribution in [-0.4, -0.2) is 9.97 Å². The summed E-state index contributed by atoms with van der Waals surface area (Å²) in [7, 11) is 0. The van der Waals surface area contributed by atoms with E-state index >= 15 is 0 Å². The Balaban J connectivity index is 1.64. The number of fused-ring (bicyclic) bond motifs is 2. The fraction of sp³-hybridized carbons (Fsp3) is 0.111. The lowest BCUT2D eigenvalue weighted by atomic mass is 10.1. The fourth-order valence-corrected chi connectivity index (χ4v) is 3.42. The third-order valence-electron chi connectivity index (χ3n) is 3.76. The largest absolute Gasteiger partial charge is 0.422 e. The number of aromatic amines is 1. The summed E-state index contributed by atoms with van der Waals surface area (Å²) in [6.07, 6.45) is 0. The molecule has 0 amide bonds. The average Bonchev–Trinajstić information content (AvgIpc) is 2.97. The molecule has 5 heteroatoms. The van der Waals surface area contributed by atoms with Crippen LogP contribution in [0.2, 0.25) is 0 Å². The van der Waals surface area contributed by atoms with Gasteiger partial charge in [-0.3, -0.25) is 0 Å². The lowest BCUT2D eigenvalue weighted by Crippen LogP contribution is -2.06. The van der Waals surface area contributed by atoms with E-state index in [2.05, 4.69) is 9.97 Å². The standard InChI is InChI=1S/C18H14N2O2S/c1-11-5-4-6-12-9-13(17(21)22-16(11)12)10-23-18-19-14-7-2-3-8-15(14)20-18/h2-9H,10H2,1H3,(H,19,20). The monoisotopic (exact) mass is 322 g/mol. The van der Waals surface area contributed by atoms with Crippen LogP contribution in [0.3, 0.4) is 0 Å². The summed E-state index contributed by atoms with van der Waals surface area (Å²) >= 11 is 1.50. The average molecular weight is 322 g/mol. The summed E-state index contributed by atoms with van der Waals surface area (Å²) in [5.41, 5.74) is 3.92. The predicted molar refractivity (Wildman–Crippen MR) is 92.9 cm³/mol. The van der Waals surface area contributed by atoms with Crippen molar-refractivity contribution in [3.8, 4) is 0 Å². The second-order valence-electron chi connectivity index (χ2n) is 5.40. The summed E-state index contributed by atoms with van der Waals surface area (Å²) in [5.74, 6) is 0.520. The number of hydrogen-bond donors (Lipinski definition) is 1. The molecule has 0 radical (unpaired) electrons. The zero-order chi connectivity index (χ0) is 15.8. The molecule has 4 rings (SSSR count). The van der Waals surface area contributed by atoms with E-state index in [0.29, 0.717) is 16.9 Å². The molecule has 4 nitrogen and oxygen atoms in total. The Labute approximate surface area is 136 Å². The second-order valence-corrected chi connectivity index (χ2v) is 6.36. The molecular weight excluding hydrogens is 308 g/mol. The SMILES string of the molecule is Cc1cccc2cc(CSc3nc4ccccc4[nH]3)c(=O)oc12. The van der Waals surface area contributed by atoms with E-state index in [1.165, 1.54) is 11.8 Å². The molecule has 1 N–H and O–H groups in total. The van der Waals surface area contributed by atoms with Crippen molar-refractivity contribution in [2.45, 2.75) is 17.8 Å². The number of imidazole rings is 1. The van der Waals surface area contributed by atoms with Gasteiger partial charge < -0.3 is 9.40 Å². The number of aromatic nitrogens is 2. The summed E-state index contributed by atoms with van der Waals surface area (Å²) in [4.78, 5) is 19.9. The van der Waals surface area contributed by atoms with E-state index in [-0.39, 0.29) is 5.63 Å². The van der Waals surface area contributed by atoms with Gasteiger partial charge in [0.05, 0.1) is 11.0 Å². The van der Waals surface area contributed by atoms with Gasteiger partial charge >= 0.3 is 5.63 Å². The minimum Gasteiger partial charge on any atom is -0.422 e. The smallest absolute Gasteiger partial charge is 0.340 e. The molecule has 114 valence electrons. The molecule has 0 atom stereocenters. The van der Waals surface area contributed by atoms with E-state index < -0.39 is 0 Å². The highest BCUT2D eigenvalue weighted by Crippen LogP contribution is 2.24. The molecule has 0 aliphatic heterocycles. The molecule has 2 aromatic heterocycles. The van der Waals surface area contributed by atoms with E-state index in [9.17, 15) is 4.79 Å². The summed E-state index contributed by atoms with van der Waals surface area (Å²) in [5, 5.41) is 1.75. The second kappa shape index (κ2) is 5.59. The molecule has 0 saturated heterocycles. The molecule has 2 heterocycles. The number of benzene rings is 2. The molecule has 0 aliphatic rings. The Morgan fingerprint density at radius 2 is 2.04 bits per heavy atom. The highest BCUT2D eigenvalue weighted by molar-refractivity contribution is 7.98. The number of hydrogen-bond acceptors (Lipinski definition) is 4. The molecule has 4 aromatic rings. The number of nitrogens with zero attached hydrogens (tertiary/aromatic N) is 1. The first-order valence-corrected chi connectivity index (χ1v) is 8.29. The highest BCUT2D eigenvalue weighted by atomic mass is 32.2. The Hall–Kier alpha value is -2.53. The van der Waals surface area contributed by atoms with Gasteiger partial charge in [0.2, 0.25) is 0 Å². The van der Waals surface area contributed by atoms with E-state index in [1.54, 1.807) is 0 Å². The number of thioether (sulfide) groups is 1. The Bertz CT molecular complexity index is 1030. The van der Waals surface area contributed by atoms with Crippen LogP contribution in [-0.2, 0) is 5.75 Å². The summed E-state index contributed by atoms with van der Waals surface area (Å²) < 4.78 is 5.47. The van der Waals surface area contributed by atoms with Crippen molar-refractivity contribution in [2.24, 2.45) is 0 Å². The first-order chi connectivity index (χ1) is 11.2. The molecule has 2 aromatic carbocycles. The van der Waals surface area contributed by atoms with Gasteiger partial charge in [-0.2, -0.15) is 0 Å². The molecule has 0 saturated carbocycles. The summed E-state index contributed by atoms with van der Waals surface area (Å²) in [6.45, 7) is 1.94. The molecule has 0 bridgehead atoms. The van der Waals surface area contributed by atoms with E-state index in [4.69, 9.17) is 4.42 Å². The van der Waals surface area contributed by atoms with Gasteiger partial charge in [-0.25, -0.2) is 9.78 Å². The van der Waals surface area contributed by atoms with Crippen LogP contribution in [0.25, 0.3) is 22.0 Å². The number of rotatable bonds is 3. The molecule has 0 fully saturated rings. The number of H-pyrrole nitrogens is 1. The maximum atomic E-state index is 12.2. The Morgan fingerprint density at radius 1 is 1.17 bits per heavy atom. The third-order valence-corrected chi connectivity index (χ3v) is 4.68. The first kappa shape index (κ1) is 14.1. The zero-order valence-electron chi connectivity index (χ0n) is 12.5. The van der Waals surface area contributed by atoms with Gasteiger partial charge in [0.15, 0.2) is 5.16 Å². The van der Waals surface area contributed by atoms with Crippen LogP contribution in [0.15, 0.2) is 62.9 Å². The molecule has 0 aliphatic carbocycles. The van der Waals surface area contributed by atoms with Crippen molar-refractivity contribution in [2.75, 3.05) is 0 Å². The van der Waals surface area contributed by atoms with E-state index in [0.717, 1.165) is 27.1 Å². The van der Waals surface area contributed by atoms with Crippen LogP contribution in [0.4, 0.5) is 0 Å². The van der Waals surface area contributed by atoms with Gasteiger partial charge in [-0.1, -0.05) is 42.1 Å². The minimum atomic E-state index is -0.282. The van der Waals surface area contributed by atoms with Crippen molar-refractivity contribution < 1.29 is 4.42 Å². The van der Waals surface area contributed by atoms with Crippen LogP contribution in [0.5, 0.6) is 0 Å². The Kier molecular flexibility index (Phi) is 3.42. The molecule has 23 heavy (non-hydrogen) atoms. The first-order valence-electron chi connectivity index (χ1n) is 7.30. The minimum absolute atomic E-state index is 0.282.